The zero-order valence-electron chi connectivity index (χ0n) is 23.9. The molecule has 1 aromatic heterocycles. The first kappa shape index (κ1) is 33.2. The van der Waals surface area contributed by atoms with Gasteiger partial charge >= 0.3 is 12.0 Å². The summed E-state index contributed by atoms with van der Waals surface area (Å²) in [5.41, 5.74) is 1.24. The molecule has 14 heteroatoms. The molecule has 1 saturated carbocycles. The van der Waals surface area contributed by atoms with Crippen LogP contribution in [0, 0.1) is 5.92 Å². The number of sulfonamides is 1. The van der Waals surface area contributed by atoms with Crippen molar-refractivity contribution in [3.8, 4) is 0 Å². The summed E-state index contributed by atoms with van der Waals surface area (Å²) < 4.78 is 33.8. The third-order valence-corrected chi connectivity index (χ3v) is 9.29. The Bertz CT molecular complexity index is 1580. The van der Waals surface area contributed by atoms with Crippen LogP contribution in [-0.2, 0) is 26.0 Å². The fraction of sp³-hybridized carbons (Fsp3) is 0.333. The molecular weight excluding hydrogens is 629 g/mol. The van der Waals surface area contributed by atoms with E-state index < -0.39 is 34.0 Å². The van der Waals surface area contributed by atoms with E-state index in [9.17, 15) is 22.8 Å². The standard InChI is InChI=1S/C30H33Cl2N5O6S/c1-43-29(39)25(15-19-11-13-21(14-12-19)35-28(38)27-22(31)17-33-18-23(27)32)37-30(40)36-24-9-5-6-10-26(24)44(41,42)34-16-20-7-3-2-4-8-20/h5-6,9-14,17-18,20,25,34H,2-4,7-8,15-16H2,1H3,(H,35,38)(H2,36,37,40). The van der Waals surface area contributed by atoms with Gasteiger partial charge in [0.05, 0.1) is 28.4 Å². The van der Waals surface area contributed by atoms with Crippen LogP contribution >= 0.6 is 23.2 Å². The van der Waals surface area contributed by atoms with Crippen LogP contribution in [0.1, 0.15) is 48.0 Å². The topological polar surface area (TPSA) is 156 Å². The van der Waals surface area contributed by atoms with E-state index in [0.717, 1.165) is 25.7 Å². The van der Waals surface area contributed by atoms with E-state index in [1.165, 1.54) is 38.1 Å². The molecule has 0 bridgehead atoms. The van der Waals surface area contributed by atoms with Crippen LogP contribution in [-0.4, -0.2) is 51.0 Å². The van der Waals surface area contributed by atoms with Crippen LogP contribution in [0.25, 0.3) is 0 Å². The Balaban J connectivity index is 1.39. The minimum absolute atomic E-state index is 0.0548. The summed E-state index contributed by atoms with van der Waals surface area (Å²) >= 11 is 12.1. The molecule has 3 aromatic rings. The van der Waals surface area contributed by atoms with Crippen molar-refractivity contribution in [1.29, 1.82) is 0 Å². The summed E-state index contributed by atoms with van der Waals surface area (Å²) in [5.74, 6) is -0.937. The number of para-hydroxylation sites is 1. The summed E-state index contributed by atoms with van der Waals surface area (Å²) in [6.07, 6.45) is 7.98. The van der Waals surface area contributed by atoms with Crippen LogP contribution in [0.2, 0.25) is 10.0 Å². The lowest BCUT2D eigenvalue weighted by atomic mass is 9.90. The number of nitrogens with one attached hydrogen (secondary N) is 4. The van der Waals surface area contributed by atoms with Crippen LogP contribution in [0.4, 0.5) is 16.2 Å². The average molecular weight is 663 g/mol. The van der Waals surface area contributed by atoms with Crippen LogP contribution in [0.3, 0.4) is 0 Å². The van der Waals surface area contributed by atoms with Crippen molar-refractivity contribution in [2.24, 2.45) is 5.92 Å². The molecule has 0 aliphatic heterocycles. The molecule has 1 aliphatic carbocycles. The number of anilines is 2. The Kier molecular flexibility index (Phi) is 11.6. The number of amides is 3. The summed E-state index contributed by atoms with van der Waals surface area (Å²) in [5, 5.41) is 8.02. The molecule has 0 saturated heterocycles. The van der Waals surface area contributed by atoms with Gasteiger partial charge in [0.25, 0.3) is 5.91 Å². The lowest BCUT2D eigenvalue weighted by molar-refractivity contribution is -0.142. The number of urea groups is 1. The summed E-state index contributed by atoms with van der Waals surface area (Å²) in [6, 6.07) is 10.7. The van der Waals surface area contributed by atoms with E-state index in [2.05, 4.69) is 25.7 Å². The number of hydrogen-bond donors (Lipinski definition) is 4. The third-order valence-electron chi connectivity index (χ3n) is 7.23. The Labute approximate surface area is 266 Å². The van der Waals surface area contributed by atoms with Gasteiger partial charge in [0.2, 0.25) is 10.0 Å². The molecule has 3 amide bonds. The van der Waals surface area contributed by atoms with E-state index in [0.29, 0.717) is 17.8 Å². The van der Waals surface area contributed by atoms with Gasteiger partial charge < -0.3 is 20.7 Å². The molecule has 1 atom stereocenters. The van der Waals surface area contributed by atoms with Crippen LogP contribution in [0.5, 0.6) is 0 Å². The molecule has 1 heterocycles. The summed E-state index contributed by atoms with van der Waals surface area (Å²) in [7, 11) is -2.70. The maximum atomic E-state index is 13.1. The number of hydrogen-bond acceptors (Lipinski definition) is 7. The van der Waals surface area contributed by atoms with E-state index in [1.807, 2.05) is 0 Å². The number of carbonyl (C=O) groups is 3. The van der Waals surface area contributed by atoms with Gasteiger partial charge in [-0.3, -0.25) is 9.78 Å². The number of rotatable bonds is 11. The van der Waals surface area contributed by atoms with E-state index >= 15 is 0 Å². The number of aromatic nitrogens is 1. The number of esters is 1. The fourth-order valence-electron chi connectivity index (χ4n) is 4.93. The molecular formula is C30H33Cl2N5O6S. The summed E-state index contributed by atoms with van der Waals surface area (Å²) in [4.78, 5) is 41.9. The largest absolute Gasteiger partial charge is 0.467 e. The molecule has 2 aromatic carbocycles. The zero-order valence-corrected chi connectivity index (χ0v) is 26.3. The second-order valence-corrected chi connectivity index (χ2v) is 12.9. The molecule has 44 heavy (non-hydrogen) atoms. The fourth-order valence-corrected chi connectivity index (χ4v) is 6.75. The molecule has 234 valence electrons. The predicted octanol–water partition coefficient (Wildman–Crippen LogP) is 5.41. The van der Waals surface area contributed by atoms with Crippen molar-refractivity contribution in [3.05, 3.63) is 82.1 Å². The molecule has 1 fully saturated rings. The second-order valence-electron chi connectivity index (χ2n) is 10.4. The Morgan fingerprint density at radius 3 is 2.27 bits per heavy atom. The van der Waals surface area contributed by atoms with Crippen LogP contribution in [0.15, 0.2) is 65.8 Å². The zero-order chi connectivity index (χ0) is 31.7. The first-order chi connectivity index (χ1) is 21.1. The highest BCUT2D eigenvalue weighted by Crippen LogP contribution is 2.26. The van der Waals surface area contributed by atoms with E-state index in [4.69, 9.17) is 27.9 Å². The quantitative estimate of drug-likeness (QED) is 0.200. The van der Waals surface area contributed by atoms with Gasteiger partial charge in [0, 0.05) is 31.0 Å². The SMILES string of the molecule is COC(=O)C(Cc1ccc(NC(=O)c2c(Cl)cncc2Cl)cc1)NC(=O)Nc1ccccc1S(=O)(=O)NCC1CCCCC1. The maximum Gasteiger partial charge on any atom is 0.328 e. The Morgan fingerprint density at radius 1 is 0.955 bits per heavy atom. The smallest absolute Gasteiger partial charge is 0.328 e. The monoisotopic (exact) mass is 661 g/mol. The molecule has 11 nitrogen and oxygen atoms in total. The predicted molar refractivity (Wildman–Crippen MR) is 169 cm³/mol. The summed E-state index contributed by atoms with van der Waals surface area (Å²) in [6.45, 7) is 0.334. The van der Waals surface area contributed by atoms with Crippen LogP contribution < -0.4 is 20.7 Å². The van der Waals surface area contributed by atoms with Gasteiger partial charge in [-0.05, 0) is 48.6 Å². The molecule has 1 unspecified atom stereocenters. The van der Waals surface area contributed by atoms with Gasteiger partial charge in [-0.15, -0.1) is 0 Å². The van der Waals surface area contributed by atoms with Gasteiger partial charge in [0.15, 0.2) is 0 Å². The molecule has 0 spiro atoms. The van der Waals surface area contributed by atoms with Gasteiger partial charge in [-0.25, -0.2) is 22.7 Å². The number of ether oxygens (including phenoxy) is 1. The number of benzene rings is 2. The van der Waals surface area contributed by atoms with Gasteiger partial charge in [-0.2, -0.15) is 0 Å². The van der Waals surface area contributed by atoms with Crippen molar-refractivity contribution in [1.82, 2.24) is 15.0 Å². The van der Waals surface area contributed by atoms with Gasteiger partial charge in [0.1, 0.15) is 10.9 Å². The first-order valence-electron chi connectivity index (χ1n) is 14.0. The second kappa shape index (κ2) is 15.3. The number of methoxy groups -OCH3 is 1. The Hall–Kier alpha value is -3.71. The molecule has 0 radical (unpaired) electrons. The van der Waals surface area contributed by atoms with Crippen molar-refractivity contribution in [2.45, 2.75) is 49.5 Å². The maximum absolute atomic E-state index is 13.1. The highest BCUT2D eigenvalue weighted by Gasteiger charge is 2.25. The lowest BCUT2D eigenvalue weighted by Gasteiger charge is -2.22. The minimum atomic E-state index is -3.90. The van der Waals surface area contributed by atoms with E-state index in [-0.39, 0.29) is 38.5 Å². The Morgan fingerprint density at radius 2 is 1.61 bits per heavy atom. The van der Waals surface area contributed by atoms with Crippen molar-refractivity contribution in [3.63, 3.8) is 0 Å². The highest BCUT2D eigenvalue weighted by molar-refractivity contribution is 7.89. The lowest BCUT2D eigenvalue weighted by Crippen LogP contribution is -2.45. The number of carbonyl (C=O) groups excluding carboxylic acids is 3. The highest BCUT2D eigenvalue weighted by atomic mass is 35.5. The number of halogens is 2. The van der Waals surface area contributed by atoms with Crippen molar-refractivity contribution >= 4 is 62.5 Å². The van der Waals surface area contributed by atoms with E-state index in [1.54, 1.807) is 36.4 Å². The normalized spacial score (nSPS) is 14.3. The van der Waals surface area contributed by atoms with Crippen molar-refractivity contribution in [2.75, 3.05) is 24.3 Å². The first-order valence-corrected chi connectivity index (χ1v) is 16.2. The minimum Gasteiger partial charge on any atom is -0.467 e. The molecule has 4 N–H and O–H groups in total. The number of nitrogens with zero attached hydrogens (tertiary/aromatic N) is 1. The third kappa shape index (κ3) is 8.91. The average Bonchev–Trinajstić information content (AvgIpc) is 3.01. The molecule has 1 aliphatic rings. The van der Waals surface area contributed by atoms with Gasteiger partial charge in [-0.1, -0.05) is 66.7 Å². The molecule has 4 rings (SSSR count). The number of pyridine rings is 1. The van der Waals surface area contributed by atoms with Crippen molar-refractivity contribution < 1.29 is 27.5 Å².